The molecule has 2 nitrogen and oxygen atoms in total. The lowest BCUT2D eigenvalue weighted by atomic mass is 10.0. The smallest absolute Gasteiger partial charge is 0.176 e. The van der Waals surface area contributed by atoms with Crippen LogP contribution in [0.3, 0.4) is 0 Å². The molecule has 0 spiro atoms. The molecule has 3 aromatic rings. The highest BCUT2D eigenvalue weighted by Gasteiger charge is 2.09. The van der Waals surface area contributed by atoms with Gasteiger partial charge in [-0.05, 0) is 35.7 Å². The van der Waals surface area contributed by atoms with Crippen LogP contribution in [0.2, 0.25) is 0 Å². The fourth-order valence-corrected chi connectivity index (χ4v) is 2.77. The molecule has 24 heavy (non-hydrogen) atoms. The molecule has 3 heteroatoms. The van der Waals surface area contributed by atoms with Gasteiger partial charge in [-0.1, -0.05) is 66.7 Å². The monoisotopic (exact) mass is 383 g/mol. The first-order chi connectivity index (χ1) is 11.2. The van der Waals surface area contributed by atoms with Crippen LogP contribution >= 0.6 is 17.0 Å². The SMILES string of the molecule is Br.CC(Cc1ccccc1)NCC(=O)c1ccc2ccccc2c1. The number of benzene rings is 3. The number of rotatable bonds is 6. The van der Waals surface area contributed by atoms with E-state index in [9.17, 15) is 4.79 Å². The molecule has 0 aliphatic heterocycles. The highest BCUT2D eigenvalue weighted by molar-refractivity contribution is 8.93. The minimum atomic E-state index is 0. The van der Waals surface area contributed by atoms with Gasteiger partial charge in [0.2, 0.25) is 0 Å². The average molecular weight is 384 g/mol. The van der Waals surface area contributed by atoms with E-state index in [1.54, 1.807) is 0 Å². The van der Waals surface area contributed by atoms with Crippen molar-refractivity contribution in [3.63, 3.8) is 0 Å². The molecule has 0 saturated carbocycles. The van der Waals surface area contributed by atoms with E-state index in [0.29, 0.717) is 6.54 Å². The zero-order chi connectivity index (χ0) is 16.1. The molecule has 0 saturated heterocycles. The van der Waals surface area contributed by atoms with E-state index in [1.165, 1.54) is 5.56 Å². The molecule has 3 rings (SSSR count). The molecule has 0 heterocycles. The molecule has 124 valence electrons. The van der Waals surface area contributed by atoms with Crippen molar-refractivity contribution in [1.29, 1.82) is 0 Å². The Morgan fingerprint density at radius 3 is 2.33 bits per heavy atom. The Morgan fingerprint density at radius 2 is 1.58 bits per heavy atom. The zero-order valence-corrected chi connectivity index (χ0v) is 15.4. The third-order valence-electron chi connectivity index (χ3n) is 4.07. The van der Waals surface area contributed by atoms with E-state index >= 15 is 0 Å². The molecule has 0 fully saturated rings. The lowest BCUT2D eigenvalue weighted by Crippen LogP contribution is -2.33. The summed E-state index contributed by atoms with van der Waals surface area (Å²) in [5, 5.41) is 5.60. The van der Waals surface area contributed by atoms with Crippen LogP contribution in [0.1, 0.15) is 22.8 Å². The Balaban J connectivity index is 0.00000208. The summed E-state index contributed by atoms with van der Waals surface area (Å²) in [5.41, 5.74) is 2.05. The molecule has 0 amide bonds. The van der Waals surface area contributed by atoms with Crippen molar-refractivity contribution >= 4 is 33.5 Å². The van der Waals surface area contributed by atoms with Crippen molar-refractivity contribution in [3.8, 4) is 0 Å². The Labute approximate surface area is 153 Å². The molecule has 1 atom stereocenters. The quantitative estimate of drug-likeness (QED) is 0.618. The summed E-state index contributed by atoms with van der Waals surface area (Å²) in [7, 11) is 0. The topological polar surface area (TPSA) is 29.1 Å². The standard InChI is InChI=1S/C21H21NO.BrH/c1-16(13-17-7-3-2-4-8-17)22-15-21(23)20-12-11-18-9-5-6-10-19(18)14-20;/h2-12,14,16,22H,13,15H2,1H3;1H. The lowest BCUT2D eigenvalue weighted by molar-refractivity contribution is 0.0988. The van der Waals surface area contributed by atoms with E-state index in [-0.39, 0.29) is 28.8 Å². The number of halogens is 1. The first-order valence-electron chi connectivity index (χ1n) is 8.02. The van der Waals surface area contributed by atoms with Gasteiger partial charge in [-0.15, -0.1) is 17.0 Å². The summed E-state index contributed by atoms with van der Waals surface area (Å²) in [6.45, 7) is 2.48. The maximum absolute atomic E-state index is 12.4. The summed E-state index contributed by atoms with van der Waals surface area (Å²) in [6.07, 6.45) is 0.922. The van der Waals surface area contributed by atoms with E-state index < -0.39 is 0 Å². The van der Waals surface area contributed by atoms with Crippen LogP contribution in [0.5, 0.6) is 0 Å². The molecule has 1 N–H and O–H groups in total. The van der Waals surface area contributed by atoms with Gasteiger partial charge in [0.05, 0.1) is 6.54 Å². The Kier molecular flexibility index (Phi) is 6.71. The lowest BCUT2D eigenvalue weighted by Gasteiger charge is -2.13. The highest BCUT2D eigenvalue weighted by Crippen LogP contribution is 2.15. The summed E-state index contributed by atoms with van der Waals surface area (Å²) in [6, 6.07) is 24.6. The number of fused-ring (bicyclic) bond motifs is 1. The van der Waals surface area contributed by atoms with Crippen LogP contribution in [-0.4, -0.2) is 18.4 Å². The molecule has 0 bridgehead atoms. The molecule has 1 unspecified atom stereocenters. The fourth-order valence-electron chi connectivity index (χ4n) is 2.77. The first kappa shape index (κ1) is 18.4. The third kappa shape index (κ3) is 4.76. The maximum atomic E-state index is 12.4. The molecular weight excluding hydrogens is 362 g/mol. The van der Waals surface area contributed by atoms with Gasteiger partial charge in [0, 0.05) is 11.6 Å². The summed E-state index contributed by atoms with van der Waals surface area (Å²) < 4.78 is 0. The van der Waals surface area contributed by atoms with Crippen LogP contribution in [-0.2, 0) is 6.42 Å². The van der Waals surface area contributed by atoms with Crippen LogP contribution < -0.4 is 5.32 Å². The van der Waals surface area contributed by atoms with Crippen molar-refractivity contribution in [1.82, 2.24) is 5.32 Å². The number of nitrogens with one attached hydrogen (secondary N) is 1. The van der Waals surface area contributed by atoms with Crippen LogP contribution in [0, 0.1) is 0 Å². The van der Waals surface area contributed by atoms with Gasteiger partial charge in [-0.25, -0.2) is 0 Å². The number of hydrogen-bond acceptors (Lipinski definition) is 2. The van der Waals surface area contributed by atoms with Crippen LogP contribution in [0.4, 0.5) is 0 Å². The second-order valence-electron chi connectivity index (χ2n) is 5.96. The van der Waals surface area contributed by atoms with Gasteiger partial charge in [-0.3, -0.25) is 4.79 Å². The number of carbonyl (C=O) groups is 1. The van der Waals surface area contributed by atoms with Crippen LogP contribution in [0.25, 0.3) is 10.8 Å². The zero-order valence-electron chi connectivity index (χ0n) is 13.7. The van der Waals surface area contributed by atoms with E-state index in [4.69, 9.17) is 0 Å². The van der Waals surface area contributed by atoms with E-state index in [1.807, 2.05) is 54.6 Å². The molecular formula is C21H22BrNO. The molecule has 0 aliphatic carbocycles. The van der Waals surface area contributed by atoms with Gasteiger partial charge in [-0.2, -0.15) is 0 Å². The number of Topliss-reactive ketones (excluding diaryl/α,β-unsaturated/α-hetero) is 1. The second kappa shape index (κ2) is 8.76. The molecule has 0 aromatic heterocycles. The van der Waals surface area contributed by atoms with Crippen molar-refractivity contribution in [3.05, 3.63) is 83.9 Å². The van der Waals surface area contributed by atoms with Gasteiger partial charge < -0.3 is 5.32 Å². The fraction of sp³-hybridized carbons (Fsp3) is 0.190. The largest absolute Gasteiger partial charge is 0.307 e. The summed E-state index contributed by atoms with van der Waals surface area (Å²) >= 11 is 0. The van der Waals surface area contributed by atoms with Crippen molar-refractivity contribution < 1.29 is 4.79 Å². The van der Waals surface area contributed by atoms with Crippen molar-refractivity contribution in [2.75, 3.05) is 6.54 Å². The second-order valence-corrected chi connectivity index (χ2v) is 5.96. The van der Waals surface area contributed by atoms with Crippen molar-refractivity contribution in [2.45, 2.75) is 19.4 Å². The molecule has 0 radical (unpaired) electrons. The summed E-state index contributed by atoms with van der Waals surface area (Å²) in [5.74, 6) is 0.135. The average Bonchev–Trinajstić information content (AvgIpc) is 2.60. The molecule has 3 aromatic carbocycles. The number of carbonyl (C=O) groups excluding carboxylic acids is 1. The van der Waals surface area contributed by atoms with Gasteiger partial charge in [0.25, 0.3) is 0 Å². The molecule has 0 aliphatic rings. The Bertz CT molecular complexity index is 801. The number of hydrogen-bond donors (Lipinski definition) is 1. The minimum Gasteiger partial charge on any atom is -0.307 e. The third-order valence-corrected chi connectivity index (χ3v) is 4.07. The predicted molar refractivity (Wildman–Crippen MR) is 106 cm³/mol. The minimum absolute atomic E-state index is 0. The van der Waals surface area contributed by atoms with Crippen molar-refractivity contribution in [2.24, 2.45) is 0 Å². The van der Waals surface area contributed by atoms with E-state index in [0.717, 1.165) is 22.8 Å². The van der Waals surface area contributed by atoms with Gasteiger partial charge >= 0.3 is 0 Å². The summed E-state index contributed by atoms with van der Waals surface area (Å²) in [4.78, 5) is 12.4. The predicted octanol–water partition coefficient (Wildman–Crippen LogP) is 4.82. The highest BCUT2D eigenvalue weighted by atomic mass is 79.9. The van der Waals surface area contributed by atoms with Crippen LogP contribution in [0.15, 0.2) is 72.8 Å². The normalized spacial score (nSPS) is 11.7. The van der Waals surface area contributed by atoms with Gasteiger partial charge in [0.1, 0.15) is 0 Å². The maximum Gasteiger partial charge on any atom is 0.176 e. The van der Waals surface area contributed by atoms with Gasteiger partial charge in [0.15, 0.2) is 5.78 Å². The Hall–Kier alpha value is -1.97. The first-order valence-corrected chi connectivity index (χ1v) is 8.02. The van der Waals surface area contributed by atoms with E-state index in [2.05, 4.69) is 30.4 Å². The Morgan fingerprint density at radius 1 is 0.917 bits per heavy atom. The number of ketones is 1.